The van der Waals surface area contributed by atoms with E-state index >= 15 is 0 Å². The predicted octanol–water partition coefficient (Wildman–Crippen LogP) is 5.94. The van der Waals surface area contributed by atoms with Gasteiger partial charge in [0.1, 0.15) is 6.61 Å². The van der Waals surface area contributed by atoms with E-state index in [-0.39, 0.29) is 12.5 Å². The van der Waals surface area contributed by atoms with Crippen molar-refractivity contribution >= 4 is 17.1 Å². The number of ether oxygens (including phenoxy) is 2. The van der Waals surface area contributed by atoms with E-state index in [0.29, 0.717) is 43.1 Å². The molecule has 0 bridgehead atoms. The van der Waals surface area contributed by atoms with Crippen molar-refractivity contribution in [3.05, 3.63) is 102 Å². The summed E-state index contributed by atoms with van der Waals surface area (Å²) in [7, 11) is 1.55. The van der Waals surface area contributed by atoms with Gasteiger partial charge >= 0.3 is 17.1 Å². The molecule has 0 fully saturated rings. The van der Waals surface area contributed by atoms with E-state index < -0.39 is 43.6 Å². The molecule has 1 aliphatic heterocycles. The summed E-state index contributed by atoms with van der Waals surface area (Å²) in [6.07, 6.45) is 1.000. The summed E-state index contributed by atoms with van der Waals surface area (Å²) >= 11 is 0. The van der Waals surface area contributed by atoms with Crippen LogP contribution in [0.1, 0.15) is 43.0 Å². The quantitative estimate of drug-likeness (QED) is 0.206. The summed E-state index contributed by atoms with van der Waals surface area (Å²) in [6.45, 7) is 4.55. The molecular formula is C27H28N4O9. The molecule has 0 radical (unpaired) electrons. The molecule has 3 aromatic carbocycles. The lowest BCUT2D eigenvalue weighted by atomic mass is 9.88. The number of rotatable bonds is 11. The van der Waals surface area contributed by atoms with E-state index in [1.54, 1.807) is 7.11 Å². The molecule has 0 saturated carbocycles. The Morgan fingerprint density at radius 3 is 2.12 bits per heavy atom. The lowest BCUT2D eigenvalue weighted by molar-refractivity contribution is -0.406. The minimum Gasteiger partial charge on any atom is -0.493 e. The van der Waals surface area contributed by atoms with E-state index in [0.717, 1.165) is 16.7 Å². The van der Waals surface area contributed by atoms with Crippen molar-refractivity contribution < 1.29 is 29.1 Å². The van der Waals surface area contributed by atoms with E-state index in [2.05, 4.69) is 0 Å². The number of nitrogens with zero attached hydrogens (tertiary/aromatic N) is 4. The van der Waals surface area contributed by atoms with Crippen LogP contribution in [0.5, 0.6) is 17.2 Å². The van der Waals surface area contributed by atoms with Gasteiger partial charge < -0.3 is 14.3 Å². The molecule has 0 amide bonds. The molecule has 4 rings (SSSR count). The monoisotopic (exact) mass is 552 g/mol. The Bertz CT molecular complexity index is 1390. The molecule has 0 N–H and O–H groups in total. The van der Waals surface area contributed by atoms with Crippen LogP contribution in [-0.2, 0) is 13.0 Å². The summed E-state index contributed by atoms with van der Waals surface area (Å²) in [5.74, 6) is 0.536. The third kappa shape index (κ3) is 6.10. The number of nitro groups is 3. The van der Waals surface area contributed by atoms with Gasteiger partial charge in [-0.15, -0.1) is 5.06 Å². The zero-order valence-corrected chi connectivity index (χ0v) is 22.1. The second kappa shape index (κ2) is 11.9. The Morgan fingerprint density at radius 1 is 0.925 bits per heavy atom. The third-order valence-electron chi connectivity index (χ3n) is 6.51. The Labute approximate surface area is 229 Å². The zero-order chi connectivity index (χ0) is 29.0. The number of hydroxylamine groups is 2. The second-order valence-electron chi connectivity index (χ2n) is 9.69. The number of nitro benzene ring substituents is 3. The fourth-order valence-corrected chi connectivity index (χ4v) is 4.67. The van der Waals surface area contributed by atoms with Crippen LogP contribution < -0.4 is 14.3 Å². The van der Waals surface area contributed by atoms with Crippen molar-refractivity contribution in [1.82, 2.24) is 5.06 Å². The first-order chi connectivity index (χ1) is 19.1. The van der Waals surface area contributed by atoms with Crippen LogP contribution in [0.3, 0.4) is 0 Å². The van der Waals surface area contributed by atoms with Gasteiger partial charge in [-0.1, -0.05) is 44.2 Å². The van der Waals surface area contributed by atoms with E-state index in [1.807, 2.05) is 56.3 Å². The Morgan fingerprint density at radius 2 is 1.57 bits per heavy atom. The maximum absolute atomic E-state index is 11.8. The first-order valence-electron chi connectivity index (χ1n) is 12.5. The summed E-state index contributed by atoms with van der Waals surface area (Å²) in [4.78, 5) is 38.0. The zero-order valence-electron chi connectivity index (χ0n) is 22.1. The average Bonchev–Trinajstić information content (AvgIpc) is 2.92. The van der Waals surface area contributed by atoms with Crippen LogP contribution in [0.15, 0.2) is 54.6 Å². The lowest BCUT2D eigenvalue weighted by Gasteiger charge is -2.37. The molecule has 40 heavy (non-hydrogen) atoms. The molecule has 13 nitrogen and oxygen atoms in total. The van der Waals surface area contributed by atoms with Crippen molar-refractivity contribution in [2.24, 2.45) is 5.92 Å². The van der Waals surface area contributed by atoms with Crippen molar-refractivity contribution in [3.8, 4) is 17.2 Å². The Kier molecular flexibility index (Phi) is 8.43. The van der Waals surface area contributed by atoms with Gasteiger partial charge in [-0.3, -0.25) is 30.3 Å². The molecule has 0 aliphatic carbocycles. The van der Waals surface area contributed by atoms with Crippen molar-refractivity contribution in [3.63, 3.8) is 0 Å². The van der Waals surface area contributed by atoms with Crippen molar-refractivity contribution in [1.29, 1.82) is 0 Å². The maximum atomic E-state index is 11.8. The maximum Gasteiger partial charge on any atom is 0.327 e. The van der Waals surface area contributed by atoms with Gasteiger partial charge in [-0.2, -0.15) is 0 Å². The van der Waals surface area contributed by atoms with Crippen LogP contribution in [0.4, 0.5) is 17.1 Å². The van der Waals surface area contributed by atoms with Crippen molar-refractivity contribution in [2.45, 2.75) is 39.3 Å². The van der Waals surface area contributed by atoms with Gasteiger partial charge in [0, 0.05) is 6.54 Å². The first-order valence-corrected chi connectivity index (χ1v) is 12.5. The molecule has 1 atom stereocenters. The predicted molar refractivity (Wildman–Crippen MR) is 143 cm³/mol. The molecule has 1 aliphatic rings. The summed E-state index contributed by atoms with van der Waals surface area (Å²) < 4.78 is 11.7. The van der Waals surface area contributed by atoms with Crippen LogP contribution in [0.25, 0.3) is 0 Å². The average molecular weight is 553 g/mol. The molecule has 0 saturated heterocycles. The lowest BCUT2D eigenvalue weighted by Crippen LogP contribution is -2.39. The molecular weight excluding hydrogens is 524 g/mol. The van der Waals surface area contributed by atoms with E-state index in [4.69, 9.17) is 14.3 Å². The van der Waals surface area contributed by atoms with E-state index in [9.17, 15) is 30.3 Å². The van der Waals surface area contributed by atoms with Crippen LogP contribution in [0, 0.1) is 36.3 Å². The summed E-state index contributed by atoms with van der Waals surface area (Å²) in [5, 5.41) is 36.4. The normalized spacial score (nSPS) is 14.8. The number of hydrogen-bond donors (Lipinski definition) is 0. The standard InChI is InChI=1S/C27H28N4O9/c1-17(2)11-22-21-15-26(39-16-18-7-5-4-6-8-18)25(38-3)12-19(21)9-10-28(22)40-27-23(30(34)35)13-20(29(32)33)14-24(27)31(36)37/h4-8,12-15,17,22H,9-11,16H2,1-3H3/t22-/m0/s1. The van der Waals surface area contributed by atoms with E-state index in [1.165, 1.54) is 5.06 Å². The van der Waals surface area contributed by atoms with Gasteiger partial charge in [0.2, 0.25) is 0 Å². The van der Waals surface area contributed by atoms with Gasteiger partial charge in [-0.25, -0.2) is 0 Å². The molecule has 1 heterocycles. The highest BCUT2D eigenvalue weighted by Gasteiger charge is 2.38. The fourth-order valence-electron chi connectivity index (χ4n) is 4.67. The number of methoxy groups -OCH3 is 1. The minimum absolute atomic E-state index is 0.152. The number of benzene rings is 3. The van der Waals surface area contributed by atoms with Crippen LogP contribution >= 0.6 is 0 Å². The SMILES string of the molecule is COc1cc2c(cc1OCc1ccccc1)[C@H](CC(C)C)N(Oc1c([N+](=O)[O-])cc([N+](=O)[O-])cc1[N+](=O)[O-])CC2. The Hall–Kier alpha value is -4.78. The molecule has 0 unspecified atom stereocenters. The summed E-state index contributed by atoms with van der Waals surface area (Å²) in [5.41, 5.74) is 0.246. The largest absolute Gasteiger partial charge is 0.493 e. The highest BCUT2D eigenvalue weighted by molar-refractivity contribution is 5.65. The van der Waals surface area contributed by atoms with Crippen molar-refractivity contribution in [2.75, 3.05) is 13.7 Å². The van der Waals surface area contributed by atoms with Gasteiger partial charge in [0.15, 0.2) is 11.5 Å². The van der Waals surface area contributed by atoms with Crippen LogP contribution in [0.2, 0.25) is 0 Å². The summed E-state index contributed by atoms with van der Waals surface area (Å²) in [6, 6.07) is 14.2. The first kappa shape index (κ1) is 28.2. The molecule has 0 spiro atoms. The van der Waals surface area contributed by atoms with Crippen LogP contribution in [-0.4, -0.2) is 33.5 Å². The number of hydrogen-bond acceptors (Lipinski definition) is 10. The van der Waals surface area contributed by atoms with Gasteiger partial charge in [0.25, 0.3) is 5.69 Å². The second-order valence-corrected chi connectivity index (χ2v) is 9.69. The van der Waals surface area contributed by atoms with Gasteiger partial charge in [-0.05, 0) is 47.6 Å². The number of non-ortho nitro benzene ring substituents is 1. The molecule has 0 aromatic heterocycles. The smallest absolute Gasteiger partial charge is 0.327 e. The minimum atomic E-state index is -0.926. The molecule has 210 valence electrons. The highest BCUT2D eigenvalue weighted by atomic mass is 16.7. The fraction of sp³-hybridized carbons (Fsp3) is 0.333. The van der Waals surface area contributed by atoms with Gasteiger partial charge in [0.05, 0.1) is 40.1 Å². The molecule has 13 heteroatoms. The Balaban J connectivity index is 1.75. The number of fused-ring (bicyclic) bond motifs is 1. The third-order valence-corrected chi connectivity index (χ3v) is 6.51. The highest BCUT2D eigenvalue weighted by Crippen LogP contribution is 2.45. The molecule has 3 aromatic rings. The topological polar surface area (TPSA) is 160 Å².